The average Bonchev–Trinajstić information content (AvgIpc) is 2.69. The third-order valence-electron chi connectivity index (χ3n) is 4.21. The Morgan fingerprint density at radius 2 is 2.07 bits per heavy atom. The Labute approximate surface area is 176 Å². The molecule has 29 heavy (non-hydrogen) atoms. The molecule has 0 saturated heterocycles. The summed E-state index contributed by atoms with van der Waals surface area (Å²) in [7, 11) is 0. The highest BCUT2D eigenvalue weighted by molar-refractivity contribution is 6.32. The van der Waals surface area contributed by atoms with Gasteiger partial charge in [-0.3, -0.25) is 4.79 Å². The first kappa shape index (κ1) is 22.1. The first-order chi connectivity index (χ1) is 13.9. The van der Waals surface area contributed by atoms with Crippen molar-refractivity contribution in [1.82, 2.24) is 0 Å². The molecule has 0 spiro atoms. The van der Waals surface area contributed by atoms with E-state index in [2.05, 4.69) is 11.9 Å². The van der Waals surface area contributed by atoms with Crippen LogP contribution in [0.25, 0.3) is 6.08 Å². The van der Waals surface area contributed by atoms with Crippen LogP contribution >= 0.6 is 11.6 Å². The van der Waals surface area contributed by atoms with E-state index in [4.69, 9.17) is 21.1 Å². The number of aryl methyl sites for hydroxylation is 1. The molecule has 2 rings (SSSR count). The minimum absolute atomic E-state index is 0.0517. The quantitative estimate of drug-likeness (QED) is 0.356. The predicted octanol–water partition coefficient (Wildman–Crippen LogP) is 5.47. The van der Waals surface area contributed by atoms with Crippen LogP contribution in [0.4, 0.5) is 5.69 Å². The van der Waals surface area contributed by atoms with Gasteiger partial charge in [-0.1, -0.05) is 36.4 Å². The van der Waals surface area contributed by atoms with E-state index in [1.807, 2.05) is 39.0 Å². The van der Waals surface area contributed by atoms with Gasteiger partial charge in [-0.15, -0.1) is 0 Å². The number of benzene rings is 2. The van der Waals surface area contributed by atoms with E-state index in [0.717, 1.165) is 11.1 Å². The lowest BCUT2D eigenvalue weighted by Gasteiger charge is -2.14. The van der Waals surface area contributed by atoms with Gasteiger partial charge in [-0.05, 0) is 61.7 Å². The standard InChI is InChI=1S/C23H23ClN2O3/c1-5-10-29-22-19(24)12-17(13-21(22)28-6-2)11-18(14-25)23(27)26-20-9-7-8-15(3)16(20)4/h5,7-9,11-13H,1,6,10H2,2-4H3,(H,26,27)/b18-11+. The largest absolute Gasteiger partial charge is 0.490 e. The van der Waals surface area contributed by atoms with Crippen molar-refractivity contribution >= 4 is 29.3 Å². The summed E-state index contributed by atoms with van der Waals surface area (Å²) in [5.74, 6) is 0.325. The van der Waals surface area contributed by atoms with Gasteiger partial charge in [0.25, 0.3) is 5.91 Å². The summed E-state index contributed by atoms with van der Waals surface area (Å²) in [6.45, 7) is 10.0. The number of ether oxygens (including phenoxy) is 2. The van der Waals surface area contributed by atoms with Crippen molar-refractivity contribution in [3.8, 4) is 17.6 Å². The lowest BCUT2D eigenvalue weighted by molar-refractivity contribution is -0.112. The molecular weight excluding hydrogens is 388 g/mol. The first-order valence-corrected chi connectivity index (χ1v) is 9.48. The molecule has 0 bridgehead atoms. The topological polar surface area (TPSA) is 71.3 Å². The first-order valence-electron chi connectivity index (χ1n) is 9.10. The molecule has 0 fully saturated rings. The maximum absolute atomic E-state index is 12.6. The molecule has 0 atom stereocenters. The average molecular weight is 411 g/mol. The smallest absolute Gasteiger partial charge is 0.266 e. The maximum atomic E-state index is 12.6. The van der Waals surface area contributed by atoms with E-state index in [-0.39, 0.29) is 12.2 Å². The number of nitrogens with zero attached hydrogens (tertiary/aromatic N) is 1. The Bertz CT molecular complexity index is 990. The molecule has 0 heterocycles. The maximum Gasteiger partial charge on any atom is 0.266 e. The fourth-order valence-electron chi connectivity index (χ4n) is 2.61. The highest BCUT2D eigenvalue weighted by Gasteiger charge is 2.15. The summed E-state index contributed by atoms with van der Waals surface area (Å²) in [6.07, 6.45) is 3.07. The second kappa shape index (κ2) is 10.4. The third kappa shape index (κ3) is 5.63. The van der Waals surface area contributed by atoms with Crippen molar-refractivity contribution in [1.29, 1.82) is 5.26 Å². The van der Waals surface area contributed by atoms with Crippen molar-refractivity contribution in [2.24, 2.45) is 0 Å². The zero-order chi connectivity index (χ0) is 21.4. The molecule has 2 aromatic carbocycles. The van der Waals surface area contributed by atoms with E-state index < -0.39 is 5.91 Å². The molecular formula is C23H23ClN2O3. The SMILES string of the molecule is C=CCOc1c(Cl)cc(/C=C(\C#N)C(=O)Nc2cccc(C)c2C)cc1OCC. The molecule has 0 aliphatic carbocycles. The van der Waals surface area contributed by atoms with Crippen molar-refractivity contribution in [3.63, 3.8) is 0 Å². The molecule has 0 aliphatic rings. The summed E-state index contributed by atoms with van der Waals surface area (Å²) >= 11 is 6.33. The zero-order valence-corrected chi connectivity index (χ0v) is 17.5. The monoisotopic (exact) mass is 410 g/mol. The van der Waals surface area contributed by atoms with Crippen molar-refractivity contribution in [2.75, 3.05) is 18.5 Å². The highest BCUT2D eigenvalue weighted by Crippen LogP contribution is 2.37. The molecule has 1 amide bonds. The van der Waals surface area contributed by atoms with Crippen LogP contribution in [0.3, 0.4) is 0 Å². The van der Waals surface area contributed by atoms with Crippen LogP contribution in [0.5, 0.6) is 11.5 Å². The van der Waals surface area contributed by atoms with E-state index in [1.165, 1.54) is 6.08 Å². The summed E-state index contributed by atoms with van der Waals surface area (Å²) in [4.78, 5) is 12.6. The molecule has 150 valence electrons. The Balaban J connectivity index is 2.36. The highest BCUT2D eigenvalue weighted by atomic mass is 35.5. The molecule has 5 nitrogen and oxygen atoms in total. The predicted molar refractivity (Wildman–Crippen MR) is 116 cm³/mol. The summed E-state index contributed by atoms with van der Waals surface area (Å²) in [6, 6.07) is 10.8. The molecule has 2 aromatic rings. The summed E-state index contributed by atoms with van der Waals surface area (Å²) in [5, 5.41) is 12.6. The number of amides is 1. The van der Waals surface area contributed by atoms with Gasteiger partial charge < -0.3 is 14.8 Å². The molecule has 0 radical (unpaired) electrons. The summed E-state index contributed by atoms with van der Waals surface area (Å²) in [5.41, 5.74) is 3.16. The van der Waals surface area contributed by atoms with Gasteiger partial charge in [0.15, 0.2) is 11.5 Å². The normalized spacial score (nSPS) is 10.8. The fourth-order valence-corrected chi connectivity index (χ4v) is 2.88. The van der Waals surface area contributed by atoms with Crippen LogP contribution < -0.4 is 14.8 Å². The molecule has 0 saturated carbocycles. The number of nitriles is 1. The van der Waals surface area contributed by atoms with Crippen molar-refractivity contribution in [2.45, 2.75) is 20.8 Å². The number of halogens is 1. The van der Waals surface area contributed by atoms with E-state index in [1.54, 1.807) is 24.3 Å². The van der Waals surface area contributed by atoms with E-state index in [0.29, 0.717) is 34.4 Å². The fraction of sp³-hybridized carbons (Fsp3) is 0.217. The minimum atomic E-state index is -0.498. The summed E-state index contributed by atoms with van der Waals surface area (Å²) < 4.78 is 11.2. The number of carbonyl (C=O) groups is 1. The van der Waals surface area contributed by atoms with Gasteiger partial charge in [0.2, 0.25) is 0 Å². The number of hydrogen-bond donors (Lipinski definition) is 1. The van der Waals surface area contributed by atoms with Gasteiger partial charge in [0.05, 0.1) is 11.6 Å². The molecule has 0 aromatic heterocycles. The Morgan fingerprint density at radius 3 is 2.72 bits per heavy atom. The number of anilines is 1. The van der Waals surface area contributed by atoms with Gasteiger partial charge in [-0.25, -0.2) is 0 Å². The Hall–Kier alpha value is -3.23. The van der Waals surface area contributed by atoms with E-state index >= 15 is 0 Å². The van der Waals surface area contributed by atoms with Gasteiger partial charge in [-0.2, -0.15) is 5.26 Å². The van der Waals surface area contributed by atoms with Crippen LogP contribution in [0.15, 0.2) is 48.6 Å². The molecule has 1 N–H and O–H groups in total. The van der Waals surface area contributed by atoms with Gasteiger partial charge in [0, 0.05) is 5.69 Å². The minimum Gasteiger partial charge on any atom is -0.490 e. The van der Waals surface area contributed by atoms with Gasteiger partial charge in [0.1, 0.15) is 18.2 Å². The van der Waals surface area contributed by atoms with Crippen LogP contribution in [-0.2, 0) is 4.79 Å². The third-order valence-corrected chi connectivity index (χ3v) is 4.49. The van der Waals surface area contributed by atoms with Crippen LogP contribution in [0.2, 0.25) is 5.02 Å². The number of carbonyl (C=O) groups excluding carboxylic acids is 1. The Kier molecular flexibility index (Phi) is 7.88. The molecule has 0 aliphatic heterocycles. The zero-order valence-electron chi connectivity index (χ0n) is 16.7. The number of hydrogen-bond acceptors (Lipinski definition) is 4. The van der Waals surface area contributed by atoms with Crippen LogP contribution in [0.1, 0.15) is 23.6 Å². The molecule has 0 unspecified atom stereocenters. The molecule has 6 heteroatoms. The van der Waals surface area contributed by atoms with Crippen LogP contribution in [-0.4, -0.2) is 19.1 Å². The second-order valence-corrected chi connectivity index (χ2v) is 6.64. The van der Waals surface area contributed by atoms with E-state index in [9.17, 15) is 10.1 Å². The van der Waals surface area contributed by atoms with Crippen molar-refractivity contribution < 1.29 is 14.3 Å². The number of nitrogens with one attached hydrogen (secondary N) is 1. The number of rotatable bonds is 8. The lowest BCUT2D eigenvalue weighted by Crippen LogP contribution is -2.14. The van der Waals surface area contributed by atoms with Crippen LogP contribution in [0, 0.1) is 25.2 Å². The van der Waals surface area contributed by atoms with Gasteiger partial charge >= 0.3 is 0 Å². The van der Waals surface area contributed by atoms with Crippen molar-refractivity contribution in [3.05, 3.63) is 70.3 Å². The Morgan fingerprint density at radius 1 is 1.31 bits per heavy atom. The second-order valence-electron chi connectivity index (χ2n) is 6.23. The lowest BCUT2D eigenvalue weighted by atomic mass is 10.1.